The maximum atomic E-state index is 13.5. The maximum Gasteiger partial charge on any atom is 0.334 e. The van der Waals surface area contributed by atoms with Crippen LogP contribution in [0.5, 0.6) is 0 Å². The summed E-state index contributed by atoms with van der Waals surface area (Å²) in [6, 6.07) is 4.14. The lowest BCUT2D eigenvalue weighted by Gasteiger charge is -2.26. The summed E-state index contributed by atoms with van der Waals surface area (Å²) in [4.78, 5) is 24.0. The molecule has 1 aromatic carbocycles. The molecule has 1 atom stereocenters. The Morgan fingerprint density at radius 1 is 1.48 bits per heavy atom. The van der Waals surface area contributed by atoms with Crippen LogP contribution in [0.2, 0.25) is 5.02 Å². The van der Waals surface area contributed by atoms with Crippen LogP contribution < -0.4 is 0 Å². The van der Waals surface area contributed by atoms with Crippen molar-refractivity contribution >= 4 is 29.6 Å². The van der Waals surface area contributed by atoms with Crippen molar-refractivity contribution in [2.45, 2.75) is 32.8 Å². The van der Waals surface area contributed by atoms with Gasteiger partial charge in [0.1, 0.15) is 12.4 Å². The van der Waals surface area contributed by atoms with Crippen molar-refractivity contribution < 1.29 is 28.6 Å². The third-order valence-electron chi connectivity index (χ3n) is 3.74. The standard InChI is InChI=1S/C18H20ClFO5/c1-17(2,3)16(23)24-10-18(9-21)8-12(15(22)25-18)6-11-4-5-13(19)14(20)7-11/h4-7,21H,8-10H2,1-3H3. The molecule has 1 N–H and O–H groups in total. The van der Waals surface area contributed by atoms with E-state index in [4.69, 9.17) is 21.1 Å². The number of halogens is 2. The van der Waals surface area contributed by atoms with Gasteiger partial charge in [0.15, 0.2) is 5.60 Å². The third kappa shape index (κ3) is 4.58. The summed E-state index contributed by atoms with van der Waals surface area (Å²) in [5.74, 6) is -1.71. The molecule has 5 nitrogen and oxygen atoms in total. The molecule has 0 radical (unpaired) electrons. The minimum Gasteiger partial charge on any atom is -0.461 e. The SMILES string of the molecule is CC(C)(C)C(=O)OCC1(CO)CC(=Cc2ccc(Cl)c(F)c2)C(=O)O1. The number of esters is 2. The van der Waals surface area contributed by atoms with Gasteiger partial charge in [-0.3, -0.25) is 4.79 Å². The molecule has 1 heterocycles. The van der Waals surface area contributed by atoms with Gasteiger partial charge in [0.25, 0.3) is 0 Å². The molecule has 1 unspecified atom stereocenters. The number of hydrogen-bond acceptors (Lipinski definition) is 5. The lowest BCUT2D eigenvalue weighted by Crippen LogP contribution is -2.40. The van der Waals surface area contributed by atoms with E-state index in [0.29, 0.717) is 5.56 Å². The molecule has 1 fully saturated rings. The topological polar surface area (TPSA) is 72.8 Å². The zero-order chi connectivity index (χ0) is 18.8. The van der Waals surface area contributed by atoms with Gasteiger partial charge >= 0.3 is 11.9 Å². The molecule has 0 bridgehead atoms. The summed E-state index contributed by atoms with van der Waals surface area (Å²) in [5, 5.41) is 9.62. The average Bonchev–Trinajstić information content (AvgIpc) is 2.84. The van der Waals surface area contributed by atoms with Crippen LogP contribution in [0.4, 0.5) is 4.39 Å². The zero-order valence-corrected chi connectivity index (χ0v) is 15.0. The first-order chi connectivity index (χ1) is 11.6. The molecule has 25 heavy (non-hydrogen) atoms. The molecule has 0 amide bonds. The third-order valence-corrected chi connectivity index (χ3v) is 4.04. The van der Waals surface area contributed by atoms with Gasteiger partial charge in [0, 0.05) is 12.0 Å². The van der Waals surface area contributed by atoms with Crippen molar-refractivity contribution in [3.63, 3.8) is 0 Å². The molecule has 0 aliphatic carbocycles. The Hall–Kier alpha value is -1.92. The van der Waals surface area contributed by atoms with E-state index in [2.05, 4.69) is 0 Å². The lowest BCUT2D eigenvalue weighted by atomic mass is 9.96. The number of carbonyl (C=O) groups is 2. The van der Waals surface area contributed by atoms with Crippen LogP contribution in [0, 0.1) is 11.2 Å². The zero-order valence-electron chi connectivity index (χ0n) is 14.3. The second-order valence-corrected chi connectivity index (χ2v) is 7.48. The molecule has 1 aromatic rings. The van der Waals surface area contributed by atoms with Gasteiger partial charge in [-0.2, -0.15) is 0 Å². The molecule has 1 aliphatic rings. The highest BCUT2D eigenvalue weighted by molar-refractivity contribution is 6.30. The van der Waals surface area contributed by atoms with E-state index in [1.165, 1.54) is 18.2 Å². The highest BCUT2D eigenvalue weighted by Gasteiger charge is 2.45. The van der Waals surface area contributed by atoms with Crippen LogP contribution >= 0.6 is 11.6 Å². The van der Waals surface area contributed by atoms with Crippen LogP contribution in [0.3, 0.4) is 0 Å². The monoisotopic (exact) mass is 370 g/mol. The van der Waals surface area contributed by atoms with Gasteiger partial charge in [-0.05, 0) is 44.5 Å². The molecular weight excluding hydrogens is 351 g/mol. The lowest BCUT2D eigenvalue weighted by molar-refractivity contribution is -0.171. The normalized spacial score (nSPS) is 22.2. The highest BCUT2D eigenvalue weighted by Crippen LogP contribution is 2.33. The number of aliphatic hydroxyl groups is 1. The summed E-state index contributed by atoms with van der Waals surface area (Å²) < 4.78 is 23.9. The van der Waals surface area contributed by atoms with Crippen LogP contribution in [-0.4, -0.2) is 35.9 Å². The fraction of sp³-hybridized carbons (Fsp3) is 0.444. The number of rotatable bonds is 4. The number of benzene rings is 1. The van der Waals surface area contributed by atoms with Crippen molar-refractivity contribution in [1.82, 2.24) is 0 Å². The first kappa shape index (κ1) is 19.4. The van der Waals surface area contributed by atoms with E-state index < -0.39 is 35.4 Å². The van der Waals surface area contributed by atoms with Gasteiger partial charge in [0.2, 0.25) is 0 Å². The molecule has 1 saturated heterocycles. The molecule has 0 aromatic heterocycles. The van der Waals surface area contributed by atoms with E-state index in [1.54, 1.807) is 26.8 Å². The van der Waals surface area contributed by atoms with E-state index in [0.717, 1.165) is 0 Å². The second-order valence-electron chi connectivity index (χ2n) is 7.08. The van der Waals surface area contributed by atoms with Gasteiger partial charge in [0.05, 0.1) is 17.0 Å². The van der Waals surface area contributed by atoms with E-state index in [-0.39, 0.29) is 23.6 Å². The average molecular weight is 371 g/mol. The molecule has 0 saturated carbocycles. The summed E-state index contributed by atoms with van der Waals surface area (Å²) in [6.45, 7) is 4.34. The van der Waals surface area contributed by atoms with Crippen molar-refractivity contribution in [3.8, 4) is 0 Å². The molecular formula is C18H20ClFO5. The van der Waals surface area contributed by atoms with E-state index >= 15 is 0 Å². The van der Waals surface area contributed by atoms with E-state index in [9.17, 15) is 19.1 Å². The Bertz CT molecular complexity index is 723. The maximum absolute atomic E-state index is 13.5. The molecule has 136 valence electrons. The number of cyclic esters (lactones) is 1. The fourth-order valence-corrected chi connectivity index (χ4v) is 2.38. The quantitative estimate of drug-likeness (QED) is 0.651. The summed E-state index contributed by atoms with van der Waals surface area (Å²) in [6.07, 6.45) is 1.51. The van der Waals surface area contributed by atoms with Crippen molar-refractivity contribution in [1.29, 1.82) is 0 Å². The fourth-order valence-electron chi connectivity index (χ4n) is 2.26. The summed E-state index contributed by atoms with van der Waals surface area (Å²) >= 11 is 5.63. The van der Waals surface area contributed by atoms with Gasteiger partial charge in [-0.15, -0.1) is 0 Å². The van der Waals surface area contributed by atoms with Gasteiger partial charge in [-0.1, -0.05) is 17.7 Å². The van der Waals surface area contributed by atoms with Crippen LogP contribution in [0.15, 0.2) is 23.8 Å². The Morgan fingerprint density at radius 3 is 2.72 bits per heavy atom. The van der Waals surface area contributed by atoms with Crippen molar-refractivity contribution in [2.24, 2.45) is 5.41 Å². The molecule has 7 heteroatoms. The molecule has 2 rings (SSSR count). The van der Waals surface area contributed by atoms with Crippen LogP contribution in [-0.2, 0) is 19.1 Å². The van der Waals surface area contributed by atoms with Crippen LogP contribution in [0.25, 0.3) is 6.08 Å². The van der Waals surface area contributed by atoms with Gasteiger partial charge in [-0.25, -0.2) is 9.18 Å². The van der Waals surface area contributed by atoms with Gasteiger partial charge < -0.3 is 14.6 Å². The number of hydrogen-bond donors (Lipinski definition) is 1. The summed E-state index contributed by atoms with van der Waals surface area (Å²) in [5.41, 5.74) is -1.34. The number of carbonyl (C=O) groups excluding carboxylic acids is 2. The summed E-state index contributed by atoms with van der Waals surface area (Å²) in [7, 11) is 0. The second kappa shape index (κ2) is 7.14. The first-order valence-electron chi connectivity index (χ1n) is 7.73. The highest BCUT2D eigenvalue weighted by atomic mass is 35.5. The molecule has 0 spiro atoms. The predicted octanol–water partition coefficient (Wildman–Crippen LogP) is 3.13. The minimum atomic E-state index is -1.32. The Balaban J connectivity index is 2.16. The van der Waals surface area contributed by atoms with Crippen molar-refractivity contribution in [2.75, 3.05) is 13.2 Å². The smallest absolute Gasteiger partial charge is 0.334 e. The number of aliphatic hydroxyl groups excluding tert-OH is 1. The van der Waals surface area contributed by atoms with Crippen LogP contribution in [0.1, 0.15) is 32.8 Å². The minimum absolute atomic E-state index is 0.0186. The van der Waals surface area contributed by atoms with E-state index in [1.807, 2.05) is 0 Å². The largest absolute Gasteiger partial charge is 0.461 e. The predicted molar refractivity (Wildman–Crippen MR) is 90.3 cm³/mol. The number of ether oxygens (including phenoxy) is 2. The molecule has 1 aliphatic heterocycles. The van der Waals surface area contributed by atoms with Crippen molar-refractivity contribution in [3.05, 3.63) is 40.2 Å². The Labute approximate surface area is 150 Å². The first-order valence-corrected chi connectivity index (χ1v) is 8.11. The Kier molecular flexibility index (Phi) is 5.54. The Morgan fingerprint density at radius 2 is 2.16 bits per heavy atom.